The Hall–Kier alpha value is -1.39. The summed E-state index contributed by atoms with van der Waals surface area (Å²) in [5, 5.41) is 19.3. The Balaban J connectivity index is 1.99. The molecule has 1 fully saturated rings. The van der Waals surface area contributed by atoms with Crippen LogP contribution in [0.25, 0.3) is 0 Å². The minimum Gasteiger partial charge on any atom is -0.388 e. The van der Waals surface area contributed by atoms with Gasteiger partial charge in [-0.1, -0.05) is 24.3 Å². The molecule has 2 aliphatic rings. The van der Waals surface area contributed by atoms with Crippen LogP contribution in [0.4, 0.5) is 0 Å². The molecule has 4 nitrogen and oxygen atoms in total. The second kappa shape index (κ2) is 3.30. The number of benzene rings is 1. The predicted molar refractivity (Wildman–Crippen MR) is 56.5 cm³/mol. The molecule has 0 aliphatic carbocycles. The van der Waals surface area contributed by atoms with E-state index in [1.54, 1.807) is 4.90 Å². The van der Waals surface area contributed by atoms with Crippen molar-refractivity contribution in [2.45, 2.75) is 31.2 Å². The molecule has 0 spiro atoms. The fraction of sp³-hybridized carbons (Fsp3) is 0.417. The van der Waals surface area contributed by atoms with Gasteiger partial charge in [0.2, 0.25) is 0 Å². The summed E-state index contributed by atoms with van der Waals surface area (Å²) in [4.78, 5) is 13.3. The van der Waals surface area contributed by atoms with E-state index in [0.717, 1.165) is 11.1 Å². The largest absolute Gasteiger partial charge is 0.388 e. The average Bonchev–Trinajstić information content (AvgIpc) is 2.52. The van der Waals surface area contributed by atoms with Crippen molar-refractivity contribution in [3.05, 3.63) is 35.4 Å². The number of carbonyl (C=O) groups is 1. The van der Waals surface area contributed by atoms with E-state index in [1.165, 1.54) is 0 Å². The summed E-state index contributed by atoms with van der Waals surface area (Å²) >= 11 is 0. The van der Waals surface area contributed by atoms with E-state index in [4.69, 9.17) is 0 Å². The number of rotatable bonds is 0. The lowest BCUT2D eigenvalue weighted by Crippen LogP contribution is -2.41. The first-order valence-electron chi connectivity index (χ1n) is 5.42. The maximum atomic E-state index is 11.7. The molecule has 1 aromatic rings. The van der Waals surface area contributed by atoms with E-state index in [-0.39, 0.29) is 11.9 Å². The van der Waals surface area contributed by atoms with Gasteiger partial charge in [0.05, 0.1) is 6.04 Å². The summed E-state index contributed by atoms with van der Waals surface area (Å²) in [6, 6.07) is 7.61. The number of carbonyl (C=O) groups excluding carboxylic acids is 1. The lowest BCUT2D eigenvalue weighted by Gasteiger charge is -2.32. The van der Waals surface area contributed by atoms with Gasteiger partial charge in [0.15, 0.2) is 6.10 Å². The van der Waals surface area contributed by atoms with Crippen LogP contribution in [-0.2, 0) is 17.8 Å². The third kappa shape index (κ3) is 1.20. The van der Waals surface area contributed by atoms with Crippen molar-refractivity contribution >= 4 is 5.91 Å². The van der Waals surface area contributed by atoms with E-state index in [1.807, 2.05) is 24.3 Å². The van der Waals surface area contributed by atoms with Gasteiger partial charge in [0, 0.05) is 6.54 Å². The number of hydrogen-bond acceptors (Lipinski definition) is 3. The van der Waals surface area contributed by atoms with Crippen molar-refractivity contribution < 1.29 is 15.0 Å². The van der Waals surface area contributed by atoms with Crippen LogP contribution in [0.3, 0.4) is 0 Å². The zero-order chi connectivity index (χ0) is 11.3. The second-order valence-corrected chi connectivity index (χ2v) is 4.44. The monoisotopic (exact) mass is 219 g/mol. The summed E-state index contributed by atoms with van der Waals surface area (Å²) in [6.45, 7) is 0.494. The van der Waals surface area contributed by atoms with E-state index in [2.05, 4.69) is 0 Å². The smallest absolute Gasteiger partial charge is 0.254 e. The van der Waals surface area contributed by atoms with Gasteiger partial charge >= 0.3 is 0 Å². The van der Waals surface area contributed by atoms with Crippen LogP contribution in [0.15, 0.2) is 24.3 Å². The Kier molecular flexibility index (Phi) is 2.02. The highest BCUT2D eigenvalue weighted by molar-refractivity contribution is 5.84. The van der Waals surface area contributed by atoms with Crippen LogP contribution in [0, 0.1) is 0 Å². The summed E-state index contributed by atoms with van der Waals surface area (Å²) < 4.78 is 0. The lowest BCUT2D eigenvalue weighted by molar-refractivity contribution is -0.136. The molecule has 1 saturated heterocycles. The molecule has 3 rings (SSSR count). The molecule has 84 valence electrons. The predicted octanol–water partition coefficient (Wildman–Crippen LogP) is -0.325. The Labute approximate surface area is 93.1 Å². The first kappa shape index (κ1) is 9.81. The summed E-state index contributed by atoms with van der Waals surface area (Å²) in [5.74, 6) is -0.355. The zero-order valence-corrected chi connectivity index (χ0v) is 8.71. The first-order valence-corrected chi connectivity index (χ1v) is 5.42. The summed E-state index contributed by atoms with van der Waals surface area (Å²) in [7, 11) is 0. The number of aliphatic hydroxyl groups is 2. The van der Waals surface area contributed by atoms with Crippen molar-refractivity contribution in [1.82, 2.24) is 4.90 Å². The zero-order valence-electron chi connectivity index (χ0n) is 8.71. The van der Waals surface area contributed by atoms with Crippen molar-refractivity contribution in [3.8, 4) is 0 Å². The molecule has 0 aromatic heterocycles. The Morgan fingerprint density at radius 1 is 1.19 bits per heavy atom. The van der Waals surface area contributed by atoms with Crippen LogP contribution in [0.5, 0.6) is 0 Å². The third-order valence-electron chi connectivity index (χ3n) is 3.54. The molecule has 2 N–H and O–H groups in total. The molecular formula is C12H13NO3. The molecule has 16 heavy (non-hydrogen) atoms. The van der Waals surface area contributed by atoms with Crippen LogP contribution < -0.4 is 0 Å². The van der Waals surface area contributed by atoms with E-state index in [0.29, 0.717) is 13.0 Å². The van der Waals surface area contributed by atoms with Crippen LogP contribution in [0.2, 0.25) is 0 Å². The van der Waals surface area contributed by atoms with Gasteiger partial charge in [0.25, 0.3) is 5.91 Å². The highest BCUT2D eigenvalue weighted by Crippen LogP contribution is 2.31. The minimum atomic E-state index is -1.25. The lowest BCUT2D eigenvalue weighted by atomic mass is 9.93. The second-order valence-electron chi connectivity index (χ2n) is 4.44. The number of aliphatic hydroxyl groups excluding tert-OH is 2. The molecule has 3 atom stereocenters. The third-order valence-corrected chi connectivity index (χ3v) is 3.54. The maximum absolute atomic E-state index is 11.7. The molecule has 0 saturated carbocycles. The molecule has 1 aromatic carbocycles. The molecule has 0 unspecified atom stereocenters. The summed E-state index contributed by atoms with van der Waals surface area (Å²) in [5.41, 5.74) is 2.26. The quantitative estimate of drug-likeness (QED) is 0.628. The standard InChI is InChI=1S/C12H13NO3/c14-10-9-5-7-3-1-2-4-8(7)6-13(9)12(16)11(10)15/h1-4,9-11,14-15H,5-6H2/t9-,10-,11+/m0/s1. The van der Waals surface area contributed by atoms with E-state index < -0.39 is 12.2 Å². The molecule has 2 heterocycles. The van der Waals surface area contributed by atoms with Crippen LogP contribution in [-0.4, -0.2) is 39.3 Å². The van der Waals surface area contributed by atoms with Crippen molar-refractivity contribution in [2.24, 2.45) is 0 Å². The van der Waals surface area contributed by atoms with Gasteiger partial charge in [0.1, 0.15) is 6.10 Å². The fourth-order valence-electron chi connectivity index (χ4n) is 2.62. The van der Waals surface area contributed by atoms with E-state index >= 15 is 0 Å². The fourth-order valence-corrected chi connectivity index (χ4v) is 2.62. The average molecular weight is 219 g/mol. The van der Waals surface area contributed by atoms with Crippen molar-refractivity contribution in [1.29, 1.82) is 0 Å². The van der Waals surface area contributed by atoms with Gasteiger partial charge in [-0.15, -0.1) is 0 Å². The molecular weight excluding hydrogens is 206 g/mol. The number of amides is 1. The molecule has 2 aliphatic heterocycles. The highest BCUT2D eigenvalue weighted by atomic mass is 16.3. The highest BCUT2D eigenvalue weighted by Gasteiger charge is 2.48. The summed E-state index contributed by atoms with van der Waals surface area (Å²) in [6.07, 6.45) is -1.58. The SMILES string of the molecule is O=C1[C@H](O)[C@@H](O)[C@@H]2Cc3ccccc3CN12. The minimum absolute atomic E-state index is 0.266. The van der Waals surface area contributed by atoms with Crippen LogP contribution >= 0.6 is 0 Å². The van der Waals surface area contributed by atoms with E-state index in [9.17, 15) is 15.0 Å². The first-order chi connectivity index (χ1) is 7.68. The van der Waals surface area contributed by atoms with Crippen molar-refractivity contribution in [2.75, 3.05) is 0 Å². The molecule has 1 amide bonds. The molecule has 0 bridgehead atoms. The van der Waals surface area contributed by atoms with Gasteiger partial charge in [-0.25, -0.2) is 0 Å². The van der Waals surface area contributed by atoms with Gasteiger partial charge in [-0.2, -0.15) is 0 Å². The Morgan fingerprint density at radius 3 is 2.62 bits per heavy atom. The number of nitrogens with zero attached hydrogens (tertiary/aromatic N) is 1. The normalized spacial score (nSPS) is 32.5. The topological polar surface area (TPSA) is 60.8 Å². The number of hydrogen-bond donors (Lipinski definition) is 2. The van der Waals surface area contributed by atoms with Gasteiger partial charge < -0.3 is 15.1 Å². The molecule has 0 radical (unpaired) electrons. The van der Waals surface area contributed by atoms with Crippen molar-refractivity contribution in [3.63, 3.8) is 0 Å². The van der Waals surface area contributed by atoms with Gasteiger partial charge in [-0.3, -0.25) is 4.79 Å². The molecule has 4 heteroatoms. The number of fused-ring (bicyclic) bond motifs is 2. The van der Waals surface area contributed by atoms with Gasteiger partial charge in [-0.05, 0) is 17.5 Å². The Bertz CT molecular complexity index is 446. The van der Waals surface area contributed by atoms with Crippen LogP contribution in [0.1, 0.15) is 11.1 Å². The Morgan fingerprint density at radius 2 is 1.88 bits per heavy atom. The maximum Gasteiger partial charge on any atom is 0.254 e.